The van der Waals surface area contributed by atoms with Crippen molar-refractivity contribution in [2.45, 2.75) is 39.7 Å². The summed E-state index contributed by atoms with van der Waals surface area (Å²) in [6.07, 6.45) is 5.93. The van der Waals surface area contributed by atoms with Crippen molar-refractivity contribution in [2.24, 2.45) is 0 Å². The van der Waals surface area contributed by atoms with Crippen LogP contribution in [0, 0.1) is 0 Å². The van der Waals surface area contributed by atoms with Crippen molar-refractivity contribution in [2.75, 3.05) is 39.2 Å². The first-order valence-electron chi connectivity index (χ1n) is 11.4. The molecule has 3 aromatic rings. The number of thiazole rings is 1. The molecule has 0 fully saturated rings. The van der Waals surface area contributed by atoms with Gasteiger partial charge < -0.3 is 14.4 Å². The van der Waals surface area contributed by atoms with E-state index in [0.717, 1.165) is 40.0 Å². The molecule has 0 aliphatic heterocycles. The van der Waals surface area contributed by atoms with Crippen LogP contribution < -0.4 is 24.3 Å². The number of nitrogens with one attached hydrogen (secondary N) is 2. The molecule has 0 unspecified atom stereocenters. The Kier molecular flexibility index (Phi) is 8.88. The second-order valence-corrected chi connectivity index (χ2v) is 8.79. The molecule has 0 saturated carbocycles. The summed E-state index contributed by atoms with van der Waals surface area (Å²) < 4.78 is 13.6. The summed E-state index contributed by atoms with van der Waals surface area (Å²) in [7, 11) is 3.41. The molecule has 0 aliphatic rings. The van der Waals surface area contributed by atoms with Gasteiger partial charge in [-0.05, 0) is 57.5 Å². The van der Waals surface area contributed by atoms with Gasteiger partial charge in [-0.25, -0.2) is 9.88 Å². The van der Waals surface area contributed by atoms with Crippen LogP contribution >= 0.6 is 11.3 Å². The fourth-order valence-electron chi connectivity index (χ4n) is 4.01. The quantitative estimate of drug-likeness (QED) is 0.403. The lowest BCUT2D eigenvalue weighted by Crippen LogP contribution is -3.11. The number of hydrogen-bond donors (Lipinski definition) is 2. The smallest absolute Gasteiger partial charge is 0.339 e. The van der Waals surface area contributed by atoms with Gasteiger partial charge in [-0.1, -0.05) is 11.3 Å². The third kappa shape index (κ3) is 5.78. The van der Waals surface area contributed by atoms with Gasteiger partial charge in [0, 0.05) is 18.0 Å². The van der Waals surface area contributed by atoms with E-state index in [1.807, 2.05) is 30.5 Å². The molecule has 0 radical (unpaired) electrons. The predicted octanol–water partition coefficient (Wildman–Crippen LogP) is 4.12. The van der Waals surface area contributed by atoms with Crippen molar-refractivity contribution in [3.8, 4) is 22.8 Å². The first-order valence-corrected chi connectivity index (χ1v) is 12.2. The van der Waals surface area contributed by atoms with Crippen LogP contribution in [-0.4, -0.2) is 38.8 Å². The number of rotatable bonds is 12. The lowest BCUT2D eigenvalue weighted by molar-refractivity contribution is -0.896. The average molecular weight is 457 g/mol. The van der Waals surface area contributed by atoms with Gasteiger partial charge in [-0.2, -0.15) is 0 Å². The minimum absolute atomic E-state index is 0.321. The Balaban J connectivity index is 1.97. The number of ether oxygens (including phenoxy) is 2. The molecule has 2 N–H and O–H groups in total. The minimum Gasteiger partial charge on any atom is -0.497 e. The largest absolute Gasteiger partial charge is 0.497 e. The SMILES string of the molecule is CC[NH+](CC)CCC[C@H](C)[n+]1c(-c2cc(OC)ccc2OC)csc1Nc1cccnc1. The molecule has 1 atom stereocenters. The number of quaternary nitrogens is 1. The summed E-state index contributed by atoms with van der Waals surface area (Å²) >= 11 is 1.70. The highest BCUT2D eigenvalue weighted by Gasteiger charge is 2.27. The Labute approximate surface area is 195 Å². The second-order valence-electron chi connectivity index (χ2n) is 7.93. The fourth-order valence-corrected chi connectivity index (χ4v) is 5.04. The maximum atomic E-state index is 5.71. The molecule has 6 nitrogen and oxygen atoms in total. The van der Waals surface area contributed by atoms with Gasteiger partial charge in [0.05, 0.1) is 51.7 Å². The highest BCUT2D eigenvalue weighted by molar-refractivity contribution is 7.13. The fraction of sp³-hybridized carbons (Fsp3) is 0.440. The van der Waals surface area contributed by atoms with Gasteiger partial charge in [0.2, 0.25) is 0 Å². The molecule has 0 aliphatic carbocycles. The Morgan fingerprint density at radius 1 is 1.16 bits per heavy atom. The van der Waals surface area contributed by atoms with Crippen LogP contribution in [-0.2, 0) is 0 Å². The van der Waals surface area contributed by atoms with Crippen LogP contribution in [0.1, 0.15) is 39.7 Å². The number of methoxy groups -OCH3 is 2. The van der Waals surface area contributed by atoms with E-state index in [4.69, 9.17) is 9.47 Å². The van der Waals surface area contributed by atoms with E-state index < -0.39 is 0 Å². The zero-order valence-electron chi connectivity index (χ0n) is 19.9. The number of aromatic nitrogens is 2. The maximum absolute atomic E-state index is 5.71. The first-order chi connectivity index (χ1) is 15.6. The summed E-state index contributed by atoms with van der Waals surface area (Å²) in [6, 6.07) is 10.3. The topological polar surface area (TPSA) is 51.7 Å². The number of hydrogen-bond acceptors (Lipinski definition) is 5. The van der Waals surface area contributed by atoms with E-state index >= 15 is 0 Å². The normalized spacial score (nSPS) is 12.1. The molecule has 2 heterocycles. The van der Waals surface area contributed by atoms with Gasteiger partial charge in [0.25, 0.3) is 0 Å². The molecule has 0 spiro atoms. The zero-order valence-corrected chi connectivity index (χ0v) is 20.7. The van der Waals surface area contributed by atoms with Crippen LogP contribution in [0.3, 0.4) is 0 Å². The van der Waals surface area contributed by atoms with Crippen molar-refractivity contribution < 1.29 is 18.9 Å². The number of pyridine rings is 1. The standard InChI is InChI=1S/C25H34N4O2S/c1-6-28(7-2)15-9-10-19(3)29-23(22-16-21(30-4)12-13-24(22)31-5)18-32-25(29)27-20-11-8-14-26-17-20/h8,11-14,16-19H,6-7,9-10,15H2,1-5H3/p+2/t19-/m0/s1. The molecule has 7 heteroatoms. The lowest BCUT2D eigenvalue weighted by Gasteiger charge is -2.18. The summed E-state index contributed by atoms with van der Waals surface area (Å²) in [4.78, 5) is 5.90. The molecule has 3 rings (SSSR count). The number of nitrogens with zero attached hydrogens (tertiary/aromatic N) is 2. The third-order valence-corrected chi connectivity index (χ3v) is 6.81. The van der Waals surface area contributed by atoms with Gasteiger partial charge >= 0.3 is 5.13 Å². The second kappa shape index (κ2) is 11.8. The summed E-state index contributed by atoms with van der Waals surface area (Å²) in [5.74, 6) is 1.66. The first kappa shape index (κ1) is 24.0. The van der Waals surface area contributed by atoms with Crippen molar-refractivity contribution in [3.05, 3.63) is 48.1 Å². The van der Waals surface area contributed by atoms with E-state index in [1.165, 1.54) is 26.1 Å². The Morgan fingerprint density at radius 3 is 2.62 bits per heavy atom. The van der Waals surface area contributed by atoms with Crippen LogP contribution in [0.2, 0.25) is 0 Å². The van der Waals surface area contributed by atoms with E-state index in [1.54, 1.807) is 36.7 Å². The molecule has 32 heavy (non-hydrogen) atoms. The maximum Gasteiger partial charge on any atom is 0.339 e. The van der Waals surface area contributed by atoms with Gasteiger partial charge in [0.15, 0.2) is 0 Å². The molecule has 172 valence electrons. The molecule has 0 saturated heterocycles. The highest BCUT2D eigenvalue weighted by Crippen LogP contribution is 2.36. The van der Waals surface area contributed by atoms with Crippen molar-refractivity contribution >= 4 is 22.2 Å². The van der Waals surface area contributed by atoms with Crippen LogP contribution in [0.4, 0.5) is 10.8 Å². The van der Waals surface area contributed by atoms with E-state index in [0.29, 0.717) is 6.04 Å². The summed E-state index contributed by atoms with van der Waals surface area (Å²) in [5, 5.41) is 6.85. The van der Waals surface area contributed by atoms with Crippen molar-refractivity contribution in [1.82, 2.24) is 4.98 Å². The minimum atomic E-state index is 0.321. The number of benzene rings is 1. The van der Waals surface area contributed by atoms with Crippen molar-refractivity contribution in [1.29, 1.82) is 0 Å². The van der Waals surface area contributed by atoms with E-state index in [2.05, 4.69) is 47.1 Å². The van der Waals surface area contributed by atoms with E-state index in [-0.39, 0.29) is 0 Å². The van der Waals surface area contributed by atoms with Crippen molar-refractivity contribution in [3.63, 3.8) is 0 Å². The monoisotopic (exact) mass is 456 g/mol. The van der Waals surface area contributed by atoms with Crippen LogP contribution in [0.5, 0.6) is 11.5 Å². The number of anilines is 2. The Bertz CT molecular complexity index is 973. The summed E-state index contributed by atoms with van der Waals surface area (Å²) in [6.45, 7) is 10.4. The molecular formula is C25H36N4O2S+2. The lowest BCUT2D eigenvalue weighted by atomic mass is 10.1. The Morgan fingerprint density at radius 2 is 1.97 bits per heavy atom. The molecular weight excluding hydrogens is 420 g/mol. The average Bonchev–Trinajstić information content (AvgIpc) is 3.25. The Hall–Kier alpha value is -2.64. The third-order valence-electron chi connectivity index (χ3n) is 5.95. The van der Waals surface area contributed by atoms with Crippen LogP contribution in [0.25, 0.3) is 11.3 Å². The van der Waals surface area contributed by atoms with Gasteiger partial charge in [-0.15, -0.1) is 0 Å². The highest BCUT2D eigenvalue weighted by atomic mass is 32.1. The molecule has 2 aromatic heterocycles. The molecule has 0 bridgehead atoms. The summed E-state index contributed by atoms with van der Waals surface area (Å²) in [5.41, 5.74) is 3.13. The van der Waals surface area contributed by atoms with Crippen LogP contribution in [0.15, 0.2) is 48.1 Å². The molecule has 1 aromatic carbocycles. The van der Waals surface area contributed by atoms with Gasteiger partial charge in [0.1, 0.15) is 22.9 Å². The zero-order chi connectivity index (χ0) is 22.9. The van der Waals surface area contributed by atoms with Gasteiger partial charge in [-0.3, -0.25) is 4.98 Å². The predicted molar refractivity (Wildman–Crippen MR) is 131 cm³/mol. The van der Waals surface area contributed by atoms with E-state index in [9.17, 15) is 0 Å². The molecule has 0 amide bonds.